The molecule has 30 heavy (non-hydrogen) atoms. The van der Waals surface area contributed by atoms with Gasteiger partial charge in [0.25, 0.3) is 5.91 Å². The van der Waals surface area contributed by atoms with E-state index in [0.717, 1.165) is 0 Å². The highest BCUT2D eigenvalue weighted by Gasteiger charge is 2.35. The lowest BCUT2D eigenvalue weighted by Crippen LogP contribution is -2.56. The standard InChI is InChI=1S/C17H12Br2Cl5N3O2S/c1-29-8-5-10(18)13(11(19)6-8)25-16(30)27-15(17(22,23)24)26-14(28)9-3-2-7(20)4-12(9)21/h2-6,15H,1H3,(H,26,28)(H2,25,27,30). The smallest absolute Gasteiger partial charge is 0.254 e. The highest BCUT2D eigenvalue weighted by atomic mass is 79.9. The first-order valence-electron chi connectivity index (χ1n) is 7.85. The number of alkyl halides is 3. The Hall–Kier alpha value is -0.190. The average molecular weight is 659 g/mol. The molecule has 162 valence electrons. The summed E-state index contributed by atoms with van der Waals surface area (Å²) < 4.78 is 4.59. The molecule has 2 aromatic rings. The summed E-state index contributed by atoms with van der Waals surface area (Å²) in [6.45, 7) is 0. The van der Waals surface area contributed by atoms with Crippen LogP contribution in [-0.4, -0.2) is 28.1 Å². The van der Waals surface area contributed by atoms with Crippen molar-refractivity contribution in [1.82, 2.24) is 10.6 Å². The van der Waals surface area contributed by atoms with Gasteiger partial charge in [-0.2, -0.15) is 0 Å². The molecule has 0 saturated carbocycles. The molecule has 0 aliphatic rings. The van der Waals surface area contributed by atoms with Crippen molar-refractivity contribution < 1.29 is 9.53 Å². The van der Waals surface area contributed by atoms with Gasteiger partial charge in [-0.05, 0) is 74.4 Å². The van der Waals surface area contributed by atoms with Crippen LogP contribution in [0.5, 0.6) is 5.75 Å². The Morgan fingerprint density at radius 3 is 2.20 bits per heavy atom. The van der Waals surface area contributed by atoms with Gasteiger partial charge in [0.05, 0.1) is 23.4 Å². The minimum absolute atomic E-state index is 0.0837. The number of thiocarbonyl (C=S) groups is 1. The van der Waals surface area contributed by atoms with E-state index < -0.39 is 15.9 Å². The van der Waals surface area contributed by atoms with Gasteiger partial charge in [0.2, 0.25) is 3.79 Å². The molecule has 13 heteroatoms. The Morgan fingerprint density at radius 1 is 1.10 bits per heavy atom. The second-order valence-electron chi connectivity index (χ2n) is 5.64. The predicted octanol–water partition coefficient (Wildman–Crippen LogP) is 6.94. The van der Waals surface area contributed by atoms with Gasteiger partial charge in [0, 0.05) is 14.0 Å². The molecule has 2 aromatic carbocycles. The summed E-state index contributed by atoms with van der Waals surface area (Å²) >= 11 is 42.2. The van der Waals surface area contributed by atoms with Crippen LogP contribution in [0.15, 0.2) is 39.3 Å². The van der Waals surface area contributed by atoms with Gasteiger partial charge in [-0.25, -0.2) is 0 Å². The molecule has 0 aliphatic heterocycles. The Balaban J connectivity index is 2.17. The first-order valence-corrected chi connectivity index (χ1v) is 11.7. The zero-order chi connectivity index (χ0) is 22.6. The second kappa shape index (κ2) is 11.1. The summed E-state index contributed by atoms with van der Waals surface area (Å²) in [5.41, 5.74) is 0.755. The quantitative estimate of drug-likeness (QED) is 0.185. The summed E-state index contributed by atoms with van der Waals surface area (Å²) in [5.74, 6) is 0.0413. The first kappa shape index (κ1) is 26.1. The molecule has 0 bridgehead atoms. The average Bonchev–Trinajstić information content (AvgIpc) is 2.63. The lowest BCUT2D eigenvalue weighted by molar-refractivity contribution is 0.0934. The van der Waals surface area contributed by atoms with Crippen LogP contribution in [0, 0.1) is 0 Å². The maximum absolute atomic E-state index is 12.6. The van der Waals surface area contributed by atoms with E-state index in [9.17, 15) is 4.79 Å². The van der Waals surface area contributed by atoms with Crippen molar-refractivity contribution in [2.24, 2.45) is 0 Å². The molecule has 0 aliphatic carbocycles. The van der Waals surface area contributed by atoms with E-state index in [1.54, 1.807) is 19.2 Å². The van der Waals surface area contributed by atoms with Crippen molar-refractivity contribution in [3.05, 3.63) is 54.9 Å². The third-order valence-electron chi connectivity index (χ3n) is 3.54. The SMILES string of the molecule is COc1cc(Br)c(NC(=S)NC(NC(=O)c2ccc(Cl)cc2Cl)C(Cl)(Cl)Cl)c(Br)c1. The lowest BCUT2D eigenvalue weighted by atomic mass is 10.2. The predicted molar refractivity (Wildman–Crippen MR) is 136 cm³/mol. The number of carbonyl (C=O) groups is 1. The van der Waals surface area contributed by atoms with Crippen LogP contribution in [-0.2, 0) is 0 Å². The van der Waals surface area contributed by atoms with E-state index in [1.807, 2.05) is 0 Å². The summed E-state index contributed by atoms with van der Waals surface area (Å²) in [4.78, 5) is 12.6. The fraction of sp³-hybridized carbons (Fsp3) is 0.176. The fourth-order valence-corrected chi connectivity index (χ4v) is 4.53. The van der Waals surface area contributed by atoms with Gasteiger partial charge < -0.3 is 20.7 Å². The minimum Gasteiger partial charge on any atom is -0.497 e. The minimum atomic E-state index is -1.94. The number of amides is 1. The zero-order valence-corrected chi connectivity index (χ0v) is 22.6. The van der Waals surface area contributed by atoms with Crippen molar-refractivity contribution >= 4 is 119 Å². The summed E-state index contributed by atoms with van der Waals surface area (Å²) in [6.07, 6.45) is -1.18. The van der Waals surface area contributed by atoms with E-state index >= 15 is 0 Å². The molecule has 0 spiro atoms. The summed E-state index contributed by atoms with van der Waals surface area (Å²) in [7, 11) is 1.55. The second-order valence-corrected chi connectivity index (χ2v) is 11.0. The van der Waals surface area contributed by atoms with Crippen molar-refractivity contribution in [2.45, 2.75) is 9.96 Å². The van der Waals surface area contributed by atoms with Gasteiger partial charge in [-0.3, -0.25) is 4.79 Å². The van der Waals surface area contributed by atoms with Gasteiger partial charge in [-0.15, -0.1) is 0 Å². The molecule has 0 aromatic heterocycles. The van der Waals surface area contributed by atoms with Crippen molar-refractivity contribution in [3.8, 4) is 5.75 Å². The molecule has 5 nitrogen and oxygen atoms in total. The number of nitrogens with one attached hydrogen (secondary N) is 3. The molecule has 0 fully saturated rings. The van der Waals surface area contributed by atoms with Crippen LogP contribution in [0.1, 0.15) is 10.4 Å². The zero-order valence-electron chi connectivity index (χ0n) is 14.8. The molecule has 1 atom stereocenters. The van der Waals surface area contributed by atoms with Crippen LogP contribution in [0.3, 0.4) is 0 Å². The van der Waals surface area contributed by atoms with Crippen LogP contribution in [0.25, 0.3) is 0 Å². The maximum atomic E-state index is 12.6. The molecule has 1 unspecified atom stereocenters. The van der Waals surface area contributed by atoms with Gasteiger partial charge in [0.15, 0.2) is 5.11 Å². The van der Waals surface area contributed by atoms with E-state index in [0.29, 0.717) is 25.4 Å². The highest BCUT2D eigenvalue weighted by Crippen LogP contribution is 2.35. The number of hydrogen-bond donors (Lipinski definition) is 3. The van der Waals surface area contributed by atoms with Crippen LogP contribution in [0.4, 0.5) is 5.69 Å². The highest BCUT2D eigenvalue weighted by molar-refractivity contribution is 9.11. The molecule has 3 N–H and O–H groups in total. The topological polar surface area (TPSA) is 62.4 Å². The number of ether oxygens (including phenoxy) is 1. The number of halogens is 7. The van der Waals surface area contributed by atoms with Gasteiger partial charge in [-0.1, -0.05) is 58.0 Å². The van der Waals surface area contributed by atoms with Crippen LogP contribution in [0.2, 0.25) is 10.0 Å². The largest absolute Gasteiger partial charge is 0.497 e. The number of rotatable bonds is 5. The van der Waals surface area contributed by atoms with E-state index in [2.05, 4.69) is 47.8 Å². The first-order chi connectivity index (χ1) is 13.9. The fourth-order valence-electron chi connectivity index (χ4n) is 2.15. The molecular weight excluding hydrogens is 647 g/mol. The lowest BCUT2D eigenvalue weighted by Gasteiger charge is -2.28. The van der Waals surface area contributed by atoms with E-state index in [4.69, 9.17) is 75.0 Å². The number of benzene rings is 2. The molecule has 0 saturated heterocycles. The molecule has 0 radical (unpaired) electrons. The Labute approximate surface area is 220 Å². The van der Waals surface area contributed by atoms with E-state index in [-0.39, 0.29) is 15.7 Å². The van der Waals surface area contributed by atoms with Crippen molar-refractivity contribution in [3.63, 3.8) is 0 Å². The molecule has 2 rings (SSSR count). The number of hydrogen-bond acceptors (Lipinski definition) is 3. The maximum Gasteiger partial charge on any atom is 0.254 e. The van der Waals surface area contributed by atoms with Crippen molar-refractivity contribution in [2.75, 3.05) is 12.4 Å². The Morgan fingerprint density at radius 2 is 1.70 bits per heavy atom. The monoisotopic (exact) mass is 655 g/mol. The molecular formula is C17H12Br2Cl5N3O2S. The van der Waals surface area contributed by atoms with Crippen LogP contribution >= 0.6 is 102 Å². The summed E-state index contributed by atoms with van der Waals surface area (Å²) in [6, 6.07) is 7.89. The Bertz CT molecular complexity index is 952. The third kappa shape index (κ3) is 7.17. The number of methoxy groups -OCH3 is 1. The number of anilines is 1. The van der Waals surface area contributed by atoms with Crippen LogP contribution < -0.4 is 20.7 Å². The van der Waals surface area contributed by atoms with Crippen molar-refractivity contribution in [1.29, 1.82) is 0 Å². The molecule has 0 heterocycles. The normalized spacial score (nSPS) is 12.1. The number of carbonyl (C=O) groups excluding carboxylic acids is 1. The van der Waals surface area contributed by atoms with Gasteiger partial charge in [0.1, 0.15) is 11.9 Å². The third-order valence-corrected chi connectivity index (χ3v) is 6.22. The Kier molecular flexibility index (Phi) is 9.64. The summed E-state index contributed by atoms with van der Waals surface area (Å²) in [5, 5.41) is 8.90. The molecule has 1 amide bonds. The van der Waals surface area contributed by atoms with E-state index in [1.165, 1.54) is 18.2 Å². The van der Waals surface area contributed by atoms with Gasteiger partial charge >= 0.3 is 0 Å².